The second kappa shape index (κ2) is 13.5. The molecule has 0 aliphatic carbocycles. The van der Waals surface area contributed by atoms with Gasteiger partial charge >= 0.3 is 6.09 Å². The topological polar surface area (TPSA) is 109 Å². The number of amides is 3. The highest BCUT2D eigenvalue weighted by Crippen LogP contribution is 2.34. The van der Waals surface area contributed by atoms with Gasteiger partial charge in [0, 0.05) is 78.9 Å². The summed E-state index contributed by atoms with van der Waals surface area (Å²) in [6.45, 7) is 16.4. The van der Waals surface area contributed by atoms with Crippen LogP contribution < -0.4 is 10.2 Å². The second-order valence-corrected chi connectivity index (χ2v) is 14.1. The molecule has 6 rings (SSSR count). The largest absolute Gasteiger partial charge is 0.444 e. The van der Waals surface area contributed by atoms with E-state index in [1.165, 1.54) is 0 Å². The zero-order valence-electron chi connectivity index (χ0n) is 29.5. The van der Waals surface area contributed by atoms with Crippen LogP contribution in [0.5, 0.6) is 0 Å². The van der Waals surface area contributed by atoms with Gasteiger partial charge in [0.2, 0.25) is 0 Å². The fraction of sp³-hybridized carbons (Fsp3) is 0.410. The number of carbonyl (C=O) groups excluding carboxylic acids is 3. The van der Waals surface area contributed by atoms with Gasteiger partial charge in [-0.3, -0.25) is 9.59 Å². The van der Waals surface area contributed by atoms with Gasteiger partial charge in [0.25, 0.3) is 11.8 Å². The van der Waals surface area contributed by atoms with Crippen LogP contribution in [0, 0.1) is 6.92 Å². The van der Waals surface area contributed by atoms with Gasteiger partial charge in [-0.05, 0) is 94.5 Å². The Bertz CT molecular complexity index is 1930. The number of pyridine rings is 1. The SMILES string of the molecule is CCC(C)n1cc(C)c2c(C(=O)NCC3C(=O)N=C(C)c4ccccc43)cc(-c3ccc(N4CCN(C(=O)OC(C)(C)C)CC4)nc3)cc21. The van der Waals surface area contributed by atoms with Crippen molar-refractivity contribution in [2.24, 2.45) is 4.99 Å². The minimum absolute atomic E-state index is 0.153. The molecule has 10 nitrogen and oxygen atoms in total. The van der Waals surface area contributed by atoms with Crippen molar-refractivity contribution >= 4 is 40.3 Å². The van der Waals surface area contributed by atoms with Gasteiger partial charge in [0.05, 0.1) is 5.92 Å². The minimum Gasteiger partial charge on any atom is -0.444 e. The lowest BCUT2D eigenvalue weighted by atomic mass is 9.89. The maximum Gasteiger partial charge on any atom is 0.410 e. The molecule has 0 radical (unpaired) electrons. The third-order valence-electron chi connectivity index (χ3n) is 9.54. The van der Waals surface area contributed by atoms with Crippen LogP contribution in [0.15, 0.2) is 65.9 Å². The van der Waals surface area contributed by atoms with Gasteiger partial charge in [0.15, 0.2) is 0 Å². The zero-order chi connectivity index (χ0) is 35.0. The van der Waals surface area contributed by atoms with E-state index in [-0.39, 0.29) is 30.5 Å². The molecule has 0 saturated carbocycles. The fourth-order valence-electron chi connectivity index (χ4n) is 6.74. The summed E-state index contributed by atoms with van der Waals surface area (Å²) in [6, 6.07) is 16.1. The maximum atomic E-state index is 14.1. The number of anilines is 1. The van der Waals surface area contributed by atoms with E-state index in [9.17, 15) is 14.4 Å². The summed E-state index contributed by atoms with van der Waals surface area (Å²) in [6.07, 6.45) is 4.62. The number of aliphatic imine (C=N–C) groups is 1. The molecule has 1 fully saturated rings. The van der Waals surface area contributed by atoms with Crippen molar-refractivity contribution in [2.75, 3.05) is 37.6 Å². The maximum absolute atomic E-state index is 14.1. The van der Waals surface area contributed by atoms with E-state index in [0.29, 0.717) is 37.5 Å². The molecule has 256 valence electrons. The molecule has 10 heteroatoms. The summed E-state index contributed by atoms with van der Waals surface area (Å²) < 4.78 is 7.79. The summed E-state index contributed by atoms with van der Waals surface area (Å²) in [5.74, 6) is -0.190. The molecular formula is C39H46N6O4. The van der Waals surface area contributed by atoms with Gasteiger partial charge in [-0.1, -0.05) is 31.2 Å². The Morgan fingerprint density at radius 2 is 1.76 bits per heavy atom. The number of fused-ring (bicyclic) bond motifs is 2. The Balaban J connectivity index is 1.26. The van der Waals surface area contributed by atoms with Crippen molar-refractivity contribution in [3.05, 3.63) is 83.2 Å². The highest BCUT2D eigenvalue weighted by Gasteiger charge is 2.30. The molecule has 0 bridgehead atoms. The third-order valence-corrected chi connectivity index (χ3v) is 9.54. The van der Waals surface area contributed by atoms with E-state index in [4.69, 9.17) is 9.72 Å². The molecule has 1 saturated heterocycles. The van der Waals surface area contributed by atoms with Crippen LogP contribution >= 0.6 is 0 Å². The lowest BCUT2D eigenvalue weighted by Gasteiger charge is -2.36. The molecule has 49 heavy (non-hydrogen) atoms. The van der Waals surface area contributed by atoms with E-state index in [2.05, 4.69) is 45.9 Å². The summed E-state index contributed by atoms with van der Waals surface area (Å²) in [5.41, 5.74) is 6.33. The fourth-order valence-corrected chi connectivity index (χ4v) is 6.74. The predicted molar refractivity (Wildman–Crippen MR) is 194 cm³/mol. The van der Waals surface area contributed by atoms with Crippen molar-refractivity contribution in [3.63, 3.8) is 0 Å². The Labute approximate surface area is 288 Å². The number of rotatable bonds is 7. The van der Waals surface area contributed by atoms with Crippen LogP contribution in [0.4, 0.5) is 10.6 Å². The average molecular weight is 663 g/mol. The third kappa shape index (κ3) is 6.95. The molecule has 2 aliphatic rings. The Kier molecular flexibility index (Phi) is 9.33. The number of benzene rings is 2. The van der Waals surface area contributed by atoms with Crippen LogP contribution in [-0.4, -0.2) is 76.4 Å². The first-order valence-corrected chi connectivity index (χ1v) is 17.2. The molecule has 3 amide bonds. The summed E-state index contributed by atoms with van der Waals surface area (Å²) in [5, 5.41) is 3.98. The lowest BCUT2D eigenvalue weighted by molar-refractivity contribution is -0.119. The van der Waals surface area contributed by atoms with Crippen LogP contribution in [0.25, 0.3) is 22.0 Å². The molecular weight excluding hydrogens is 616 g/mol. The molecule has 1 N–H and O–H groups in total. The van der Waals surface area contributed by atoms with Crippen molar-refractivity contribution in [1.82, 2.24) is 19.8 Å². The van der Waals surface area contributed by atoms with Crippen LogP contribution in [0.3, 0.4) is 0 Å². The first kappa shape index (κ1) is 33.9. The second-order valence-electron chi connectivity index (χ2n) is 14.1. The monoisotopic (exact) mass is 662 g/mol. The first-order valence-electron chi connectivity index (χ1n) is 17.2. The molecule has 2 aromatic heterocycles. The highest BCUT2D eigenvalue weighted by atomic mass is 16.6. The smallest absolute Gasteiger partial charge is 0.410 e. The van der Waals surface area contributed by atoms with E-state index in [0.717, 1.165) is 51.0 Å². The Hall–Kier alpha value is -4.99. The number of aromatic nitrogens is 2. The summed E-state index contributed by atoms with van der Waals surface area (Å²) in [4.78, 5) is 52.6. The van der Waals surface area contributed by atoms with Gasteiger partial charge in [-0.2, -0.15) is 0 Å². The van der Waals surface area contributed by atoms with Crippen LogP contribution in [0.2, 0.25) is 0 Å². The van der Waals surface area contributed by atoms with Gasteiger partial charge in [0.1, 0.15) is 11.4 Å². The molecule has 4 heterocycles. The lowest BCUT2D eigenvalue weighted by Crippen LogP contribution is -2.50. The molecule has 2 aromatic carbocycles. The quantitative estimate of drug-likeness (QED) is 0.231. The molecule has 2 aliphatic heterocycles. The Morgan fingerprint density at radius 3 is 2.43 bits per heavy atom. The van der Waals surface area contributed by atoms with Crippen LogP contribution in [0.1, 0.15) is 87.0 Å². The number of piperazine rings is 1. The number of hydrogen-bond donors (Lipinski definition) is 1. The van der Waals surface area contributed by atoms with Crippen molar-refractivity contribution in [2.45, 2.75) is 72.4 Å². The van der Waals surface area contributed by atoms with E-state index < -0.39 is 11.5 Å². The van der Waals surface area contributed by atoms with E-state index in [1.54, 1.807) is 4.90 Å². The van der Waals surface area contributed by atoms with Gasteiger partial charge in [-0.25, -0.2) is 14.8 Å². The average Bonchev–Trinajstić information content (AvgIpc) is 3.42. The predicted octanol–water partition coefficient (Wildman–Crippen LogP) is 6.90. The number of aryl methyl sites for hydroxylation is 1. The first-order chi connectivity index (χ1) is 23.3. The van der Waals surface area contributed by atoms with E-state index >= 15 is 0 Å². The number of hydrogen-bond acceptors (Lipinski definition) is 6. The zero-order valence-corrected chi connectivity index (χ0v) is 29.5. The number of carbonyl (C=O) groups is 3. The highest BCUT2D eigenvalue weighted by molar-refractivity contribution is 6.12. The standard InChI is InChI=1S/C39H46N6O4/c1-8-25(3)45-23-24(2)35-31(36(46)41-22-32-30-12-10-9-11-29(30)26(4)42-37(32)47)19-28(20-33(35)45)27-13-14-34(40-21-27)43-15-17-44(18-16-43)38(48)49-39(5,6)7/h9-14,19-21,23,25,32H,8,15-18,22H2,1-7H3,(H,41,46). The summed E-state index contributed by atoms with van der Waals surface area (Å²) in [7, 11) is 0. The molecule has 2 unspecified atom stereocenters. The van der Waals surface area contributed by atoms with Crippen molar-refractivity contribution in [3.8, 4) is 11.1 Å². The molecule has 0 spiro atoms. The minimum atomic E-state index is -0.545. The van der Waals surface area contributed by atoms with Gasteiger partial charge < -0.3 is 24.4 Å². The van der Waals surface area contributed by atoms with E-state index in [1.807, 2.05) is 83.3 Å². The Morgan fingerprint density at radius 1 is 1.02 bits per heavy atom. The van der Waals surface area contributed by atoms with Crippen LogP contribution in [-0.2, 0) is 9.53 Å². The molecule has 2 atom stereocenters. The molecule has 4 aromatic rings. The number of nitrogens with zero attached hydrogens (tertiary/aromatic N) is 5. The van der Waals surface area contributed by atoms with Crippen molar-refractivity contribution < 1.29 is 19.1 Å². The number of ether oxygens (including phenoxy) is 1. The normalized spacial score (nSPS) is 17.1. The number of nitrogens with one attached hydrogen (secondary N) is 1. The van der Waals surface area contributed by atoms with Gasteiger partial charge in [-0.15, -0.1) is 0 Å². The summed E-state index contributed by atoms with van der Waals surface area (Å²) >= 11 is 0. The van der Waals surface area contributed by atoms with Crippen molar-refractivity contribution in [1.29, 1.82) is 0 Å².